The molecule has 0 heterocycles. The summed E-state index contributed by atoms with van der Waals surface area (Å²) in [6.07, 6.45) is 12.4. The van der Waals surface area contributed by atoms with Crippen molar-refractivity contribution in [3.05, 3.63) is 237 Å². The number of nitro benzene ring substituents is 7. The zero-order valence-corrected chi connectivity index (χ0v) is 84.6. The van der Waals surface area contributed by atoms with Gasteiger partial charge in [-0.15, -0.1) is 11.6 Å². The van der Waals surface area contributed by atoms with E-state index >= 15 is 0 Å². The third-order valence-corrected chi connectivity index (χ3v) is 21.8. The SMILES string of the molecule is CC(=O)NCC(CCCCC[NH3+])CNc1ccc(C)cc1[N+](=O)[O-].CC(=O)NCC(CCCC[NH3+])CNc1ccc(C)cc1[N+](=O)[O-].CC(=O)NCC(CCC[NH3+])CNc1ccc(C)cc1[N+](=O)[O-].CC(=O)NCC(CC[NH3+])CNc1ccc(C)cc1[N+](=O)[O-].CC(Cl)c1ccc(NCCC[NH3+])c([N+](=O)[O-])c1.Cc1ccc(NCC(C[NH3+])CNC=O)c([N+](=O)[O-])c1.Cc1ccc(NCCC[NH3+])c([N+](=O)[O-])c1. The van der Waals surface area contributed by atoms with Crippen LogP contribution in [-0.4, -0.2) is 189 Å². The normalized spacial score (nSPS) is 11.6. The molecule has 0 aromatic heterocycles. The van der Waals surface area contributed by atoms with Gasteiger partial charge in [-0.2, -0.15) is 0 Å². The molecule has 33 N–H and O–H groups in total. The summed E-state index contributed by atoms with van der Waals surface area (Å²) in [5, 5.41) is 112. The summed E-state index contributed by atoms with van der Waals surface area (Å²) in [5.41, 5.74) is 36.7. The van der Waals surface area contributed by atoms with Crippen molar-refractivity contribution in [2.75, 3.05) is 162 Å². The number of anilines is 7. The van der Waals surface area contributed by atoms with E-state index in [1.54, 1.807) is 85.8 Å². The molecule has 0 bridgehead atoms. The number of hydrogen-bond acceptors (Lipinski definition) is 26. The molecule has 0 spiro atoms. The van der Waals surface area contributed by atoms with Crippen molar-refractivity contribution in [1.82, 2.24) is 26.6 Å². The lowest BCUT2D eigenvalue weighted by atomic mass is 10.0. The molecule has 0 fully saturated rings. The van der Waals surface area contributed by atoms with Gasteiger partial charge in [-0.1, -0.05) is 48.9 Å². The second kappa shape index (κ2) is 72.6. The molecule has 5 amide bonds. The first-order valence-electron chi connectivity index (χ1n) is 47.3. The van der Waals surface area contributed by atoms with Gasteiger partial charge in [0.2, 0.25) is 30.0 Å². The molecule has 6 atom stereocenters. The zero-order chi connectivity index (χ0) is 106. The van der Waals surface area contributed by atoms with E-state index in [4.69, 9.17) is 11.6 Å². The second-order valence-corrected chi connectivity index (χ2v) is 34.7. The quantitative estimate of drug-likeness (QED) is 0.00565. The van der Waals surface area contributed by atoms with E-state index in [9.17, 15) is 94.8 Å². The van der Waals surface area contributed by atoms with Gasteiger partial charge in [-0.3, -0.25) is 94.8 Å². The number of nitrogens with zero attached hydrogens (tertiary/aromatic N) is 7. The van der Waals surface area contributed by atoms with Crippen molar-refractivity contribution in [1.29, 1.82) is 0 Å². The van der Waals surface area contributed by atoms with E-state index in [2.05, 4.69) is 104 Å². The van der Waals surface area contributed by atoms with E-state index < -0.39 is 9.85 Å². The Hall–Kier alpha value is -13.7. The monoisotopic (exact) mass is 2000 g/mol. The van der Waals surface area contributed by atoms with Crippen molar-refractivity contribution >= 4 is 121 Å². The smallest absolute Gasteiger partial charge is 0.292 e. The lowest BCUT2D eigenvalue weighted by molar-refractivity contribution is -0.384. The summed E-state index contributed by atoms with van der Waals surface area (Å²) in [6.45, 7) is 31.3. The van der Waals surface area contributed by atoms with Crippen LogP contribution < -0.4 is 104 Å². The van der Waals surface area contributed by atoms with E-state index in [1.807, 2.05) is 77.9 Å². The van der Waals surface area contributed by atoms with Gasteiger partial charge in [0.15, 0.2) is 0 Å². The molecular weight excluding hydrogens is 1840 g/mol. The predicted molar refractivity (Wildman–Crippen MR) is 550 cm³/mol. The lowest BCUT2D eigenvalue weighted by Gasteiger charge is -2.18. The Kier molecular flexibility index (Phi) is 64.5. The molecule has 45 nitrogen and oxygen atoms in total. The first-order valence-corrected chi connectivity index (χ1v) is 47.8. The van der Waals surface area contributed by atoms with Crippen LogP contribution in [-0.2, 0) is 24.0 Å². The maximum atomic E-state index is 11.2. The Labute approximate surface area is 829 Å². The molecule has 0 aliphatic heterocycles. The Morgan fingerprint density at radius 2 is 0.532 bits per heavy atom. The fourth-order valence-electron chi connectivity index (χ4n) is 13.6. The second-order valence-electron chi connectivity index (χ2n) is 34.1. The first kappa shape index (κ1) is 125. The summed E-state index contributed by atoms with van der Waals surface area (Å²) in [6, 6.07) is 35.8. The highest BCUT2D eigenvalue weighted by Gasteiger charge is 2.24. The number of benzene rings is 7. The Morgan fingerprint density at radius 3 is 0.773 bits per heavy atom. The van der Waals surface area contributed by atoms with Crippen molar-refractivity contribution in [2.24, 2.45) is 29.6 Å². The highest BCUT2D eigenvalue weighted by atomic mass is 35.5. The number of quaternary nitrogens is 7. The van der Waals surface area contributed by atoms with Crippen LogP contribution >= 0.6 is 11.6 Å². The third kappa shape index (κ3) is 55.0. The Morgan fingerprint density at radius 1 is 0.298 bits per heavy atom. The maximum Gasteiger partial charge on any atom is 0.292 e. The maximum absolute atomic E-state index is 11.2. The van der Waals surface area contributed by atoms with Crippen LogP contribution in [0.25, 0.3) is 0 Å². The fourth-order valence-corrected chi connectivity index (χ4v) is 13.7. The molecule has 7 aromatic carbocycles. The van der Waals surface area contributed by atoms with Gasteiger partial charge in [0, 0.05) is 174 Å². The van der Waals surface area contributed by atoms with E-state index in [0.717, 1.165) is 155 Å². The molecule has 7 rings (SSSR count). The van der Waals surface area contributed by atoms with Gasteiger partial charge in [0.1, 0.15) is 39.8 Å². The topological polar surface area (TPSA) is 725 Å². The van der Waals surface area contributed by atoms with E-state index in [-0.39, 0.29) is 123 Å². The number of carbonyl (C=O) groups is 5. The molecular formula is C95H156ClN26O19+7. The van der Waals surface area contributed by atoms with E-state index in [0.29, 0.717) is 131 Å². The van der Waals surface area contributed by atoms with Gasteiger partial charge in [0.25, 0.3) is 39.8 Å². The largest absolute Gasteiger partial charge is 0.379 e. The highest BCUT2D eigenvalue weighted by molar-refractivity contribution is 6.20. The molecule has 0 saturated heterocycles. The van der Waals surface area contributed by atoms with Gasteiger partial charge in [-0.05, 0) is 205 Å². The predicted octanol–water partition coefficient (Wildman–Crippen LogP) is 7.94. The summed E-state index contributed by atoms with van der Waals surface area (Å²) >= 11 is 5.91. The number of nitrogens with one attached hydrogen (secondary N) is 12. The van der Waals surface area contributed by atoms with Crippen molar-refractivity contribution in [2.45, 2.75) is 159 Å². The first-order chi connectivity index (χ1) is 67.0. The molecule has 780 valence electrons. The number of rotatable bonds is 57. The van der Waals surface area contributed by atoms with Crippen molar-refractivity contribution < 1.29 is 98.6 Å². The van der Waals surface area contributed by atoms with Crippen LogP contribution in [0.1, 0.15) is 156 Å². The average molecular weight is 2000 g/mol. The van der Waals surface area contributed by atoms with E-state index in [1.165, 1.54) is 39.8 Å². The van der Waals surface area contributed by atoms with Crippen LogP contribution in [0.3, 0.4) is 0 Å². The molecule has 0 aliphatic rings. The lowest BCUT2D eigenvalue weighted by Crippen LogP contribution is -2.56. The number of aryl methyl sites for hydroxylation is 6. The number of unbranched alkanes of at least 4 members (excludes halogenated alkanes) is 3. The number of halogens is 1. The number of amides is 5. The number of alkyl halides is 1. The van der Waals surface area contributed by atoms with Crippen LogP contribution in [0, 0.1) is 142 Å². The van der Waals surface area contributed by atoms with Crippen molar-refractivity contribution in [3.8, 4) is 0 Å². The third-order valence-electron chi connectivity index (χ3n) is 21.6. The fraction of sp³-hybridized carbons (Fsp3) is 0.505. The molecule has 46 heteroatoms. The highest BCUT2D eigenvalue weighted by Crippen LogP contribution is 2.34. The van der Waals surface area contributed by atoms with Crippen LogP contribution in [0.4, 0.5) is 79.6 Å². The summed E-state index contributed by atoms with van der Waals surface area (Å²) in [5.74, 6) is 0.731. The molecule has 0 radical (unpaired) electrons. The van der Waals surface area contributed by atoms with Gasteiger partial charge >= 0.3 is 0 Å². The zero-order valence-electron chi connectivity index (χ0n) is 83.8. The minimum Gasteiger partial charge on any atom is -0.379 e. The number of hydrogen-bond donors (Lipinski definition) is 19. The van der Waals surface area contributed by atoms with Crippen LogP contribution in [0.2, 0.25) is 0 Å². The molecule has 7 aromatic rings. The van der Waals surface area contributed by atoms with Gasteiger partial charge in [-0.25, -0.2) is 0 Å². The van der Waals surface area contributed by atoms with Crippen LogP contribution in [0.15, 0.2) is 127 Å². The minimum atomic E-state index is -0.405. The number of carbonyl (C=O) groups excluding carboxylic acids is 5. The molecule has 0 aliphatic carbocycles. The Bertz CT molecular complexity index is 5010. The molecule has 0 saturated carbocycles. The summed E-state index contributed by atoms with van der Waals surface area (Å²) in [4.78, 5) is 129. The van der Waals surface area contributed by atoms with Gasteiger partial charge in [0.05, 0.1) is 85.7 Å². The van der Waals surface area contributed by atoms with Gasteiger partial charge < -0.3 is 104 Å². The molecule has 141 heavy (non-hydrogen) atoms. The number of nitro groups is 7. The standard InChI is InChI=1S/C17H28N4O3.C16H26N4O3.C15H24N4O3.C14H22N4O3.C12H18N4O3.C11H16ClN3O2.C10H15N3O2/c1-13-7-8-16(17(10-13)21(23)24)20-12-15(11-19-14(2)22)6-4-3-5-9-18;1-12-6-7-15(16(9-12)20(22)23)19-11-14(5-3-4-8-17)10-18-13(2)21;1-11-5-6-14(15(8-11)19(21)22)18-10-13(4-3-7-16)9-17-12(2)20;1-10-3-4-13(14(7-10)18(20)21)17-9-12(5-6-15)8-16-11(2)19;1-9-2-3-11(12(4-9)16(18)19)15-7-10(5-13)6-14-8-17;1-8(12)9-3-4-10(14-6-2-5-13)11(7-9)15(16)17;1-8-3-4-9(12-6-2-5-11)10(7-8)13(14)15/h7-8,10,15,20H,3-6,9,11-12,18H2,1-2H3,(H,19,22);6-7,9,14,19H,3-5,8,10-11,17H2,1-2H3,(H,18,21);5-6,8,13,18H,3-4,7,9-10,16H2,1-2H3,(H,17,20);3-4,7,12,17H,5-6,8-9,15H2,1-2H3,(H,16,19);2-4,8,10,15H,5-7,13H2,1H3,(H,14,17);3-4,7-8,14H,2,5-6,13H2,1H3;3-4,7,12H,2,5-6,11H2,1H3/p+7. The molecule has 6 unspecified atom stereocenters. The summed E-state index contributed by atoms with van der Waals surface area (Å²) < 4.78 is 0. The van der Waals surface area contributed by atoms with Crippen LogP contribution in [0.5, 0.6) is 0 Å². The summed E-state index contributed by atoms with van der Waals surface area (Å²) in [7, 11) is 0. The van der Waals surface area contributed by atoms with Crippen molar-refractivity contribution in [3.63, 3.8) is 0 Å². The average Bonchev–Trinajstić information content (AvgIpc) is 0.832. The minimum absolute atomic E-state index is 0.0564. The Balaban J connectivity index is 0.000000826.